The second kappa shape index (κ2) is 4.40. The fraction of sp³-hybridized carbons (Fsp3) is 1.00. The lowest BCUT2D eigenvalue weighted by Gasteiger charge is -2.48. The molecule has 0 aromatic carbocycles. The topological polar surface area (TPSA) is 32.5 Å². The number of likely N-dealkylation sites (tertiary alicyclic amines) is 1. The predicted octanol–water partition coefficient (Wildman–Crippen LogP) is 0.751. The molecule has 15 heavy (non-hydrogen) atoms. The average Bonchev–Trinajstić information content (AvgIpc) is 2.99. The van der Waals surface area contributed by atoms with Crippen molar-refractivity contribution < 1.29 is 0 Å². The molecule has 0 spiro atoms. The summed E-state index contributed by atoms with van der Waals surface area (Å²) in [6, 6.07) is 0. The zero-order chi connectivity index (χ0) is 10.9. The minimum atomic E-state index is 0.198. The second-order valence-electron chi connectivity index (χ2n) is 5.24. The maximum Gasteiger partial charge on any atom is 0.0440 e. The molecule has 1 heterocycles. The van der Waals surface area contributed by atoms with Gasteiger partial charge in [-0.15, -0.1) is 0 Å². The Labute approximate surface area is 93.6 Å². The number of hydrogen-bond acceptors (Lipinski definition) is 3. The molecule has 1 aliphatic carbocycles. The lowest BCUT2D eigenvalue weighted by atomic mass is 9.86. The maximum atomic E-state index is 6.31. The van der Waals surface area contributed by atoms with Crippen LogP contribution in [0, 0.1) is 5.92 Å². The summed E-state index contributed by atoms with van der Waals surface area (Å²) in [4.78, 5) is 4.99. The van der Waals surface area contributed by atoms with E-state index in [1.165, 1.54) is 39.0 Å². The highest BCUT2D eigenvalue weighted by molar-refractivity contribution is 5.08. The number of nitrogens with zero attached hydrogens (tertiary/aromatic N) is 2. The number of hydrogen-bond donors (Lipinski definition) is 1. The van der Waals surface area contributed by atoms with Gasteiger partial charge >= 0.3 is 0 Å². The standard InChI is InChI=1S/C12H25N3/c1-3-14(4-2)7-8-15-9-12(13,10-15)11-5-6-11/h11H,3-10,13H2,1-2H3. The lowest BCUT2D eigenvalue weighted by molar-refractivity contribution is 0.0463. The highest BCUT2D eigenvalue weighted by Crippen LogP contribution is 2.42. The first-order chi connectivity index (χ1) is 7.18. The highest BCUT2D eigenvalue weighted by Gasteiger charge is 2.49. The lowest BCUT2D eigenvalue weighted by Crippen LogP contribution is -2.69. The summed E-state index contributed by atoms with van der Waals surface area (Å²) < 4.78 is 0. The van der Waals surface area contributed by atoms with E-state index in [0.717, 1.165) is 19.0 Å². The van der Waals surface area contributed by atoms with Gasteiger partial charge in [-0.2, -0.15) is 0 Å². The van der Waals surface area contributed by atoms with Crippen molar-refractivity contribution in [2.24, 2.45) is 11.7 Å². The number of rotatable bonds is 6. The molecule has 0 atom stereocenters. The third-order valence-electron chi connectivity index (χ3n) is 4.05. The van der Waals surface area contributed by atoms with Crippen LogP contribution in [0.5, 0.6) is 0 Å². The summed E-state index contributed by atoms with van der Waals surface area (Å²) in [5.41, 5.74) is 6.51. The molecule has 0 amide bonds. The molecule has 2 aliphatic rings. The summed E-state index contributed by atoms with van der Waals surface area (Å²) in [6.07, 6.45) is 2.75. The van der Waals surface area contributed by atoms with Crippen molar-refractivity contribution in [3.8, 4) is 0 Å². The van der Waals surface area contributed by atoms with Gasteiger partial charge in [0.1, 0.15) is 0 Å². The number of likely N-dealkylation sites (N-methyl/N-ethyl adjacent to an activating group) is 1. The van der Waals surface area contributed by atoms with E-state index in [-0.39, 0.29) is 5.54 Å². The van der Waals surface area contributed by atoms with Gasteiger partial charge in [-0.05, 0) is 31.8 Å². The van der Waals surface area contributed by atoms with Gasteiger partial charge in [-0.3, -0.25) is 4.90 Å². The van der Waals surface area contributed by atoms with E-state index in [1.54, 1.807) is 0 Å². The Balaban J connectivity index is 1.62. The van der Waals surface area contributed by atoms with Crippen LogP contribution < -0.4 is 5.73 Å². The average molecular weight is 211 g/mol. The molecule has 88 valence electrons. The third kappa shape index (κ3) is 2.52. The predicted molar refractivity (Wildman–Crippen MR) is 63.9 cm³/mol. The van der Waals surface area contributed by atoms with E-state index in [9.17, 15) is 0 Å². The van der Waals surface area contributed by atoms with Crippen molar-refractivity contribution in [2.45, 2.75) is 32.2 Å². The first-order valence-electron chi connectivity index (χ1n) is 6.41. The molecule has 3 heteroatoms. The Hall–Kier alpha value is -0.120. The van der Waals surface area contributed by atoms with E-state index in [0.29, 0.717) is 0 Å². The molecule has 0 unspecified atom stereocenters. The second-order valence-corrected chi connectivity index (χ2v) is 5.24. The van der Waals surface area contributed by atoms with Crippen molar-refractivity contribution in [1.29, 1.82) is 0 Å². The normalized spacial score (nSPS) is 25.6. The van der Waals surface area contributed by atoms with Gasteiger partial charge in [0, 0.05) is 31.7 Å². The molecular formula is C12H25N3. The summed E-state index contributed by atoms with van der Waals surface area (Å²) in [5, 5.41) is 0. The molecule has 0 aromatic heterocycles. The molecule has 3 nitrogen and oxygen atoms in total. The quantitative estimate of drug-likeness (QED) is 0.704. The van der Waals surface area contributed by atoms with Crippen molar-refractivity contribution in [3.05, 3.63) is 0 Å². The van der Waals surface area contributed by atoms with Crippen LogP contribution in [-0.4, -0.2) is 54.6 Å². The Morgan fingerprint density at radius 2 is 1.87 bits per heavy atom. The van der Waals surface area contributed by atoms with Crippen LogP contribution >= 0.6 is 0 Å². The molecule has 1 saturated heterocycles. The van der Waals surface area contributed by atoms with E-state index < -0.39 is 0 Å². The zero-order valence-electron chi connectivity index (χ0n) is 10.2. The van der Waals surface area contributed by atoms with Crippen LogP contribution in [0.2, 0.25) is 0 Å². The van der Waals surface area contributed by atoms with Crippen molar-refractivity contribution in [1.82, 2.24) is 9.80 Å². The summed E-state index contributed by atoms with van der Waals surface area (Å²) >= 11 is 0. The fourth-order valence-corrected chi connectivity index (χ4v) is 2.68. The Bertz CT molecular complexity index is 203. The first kappa shape index (κ1) is 11.4. The molecule has 1 saturated carbocycles. The molecule has 0 radical (unpaired) electrons. The van der Waals surface area contributed by atoms with Gasteiger partial charge < -0.3 is 10.6 Å². The minimum Gasteiger partial charge on any atom is -0.323 e. The summed E-state index contributed by atoms with van der Waals surface area (Å²) in [5.74, 6) is 0.849. The largest absolute Gasteiger partial charge is 0.323 e. The summed E-state index contributed by atoms with van der Waals surface area (Å²) in [6.45, 7) is 11.5. The van der Waals surface area contributed by atoms with Gasteiger partial charge in [-0.25, -0.2) is 0 Å². The SMILES string of the molecule is CCN(CC)CCN1CC(N)(C2CC2)C1. The Morgan fingerprint density at radius 1 is 1.27 bits per heavy atom. The fourth-order valence-electron chi connectivity index (χ4n) is 2.68. The molecule has 2 rings (SSSR count). The summed E-state index contributed by atoms with van der Waals surface area (Å²) in [7, 11) is 0. The van der Waals surface area contributed by atoms with E-state index in [4.69, 9.17) is 5.73 Å². The van der Waals surface area contributed by atoms with Gasteiger partial charge in [-0.1, -0.05) is 13.8 Å². The van der Waals surface area contributed by atoms with E-state index >= 15 is 0 Å². The third-order valence-corrected chi connectivity index (χ3v) is 4.05. The number of nitrogens with two attached hydrogens (primary N) is 1. The molecular weight excluding hydrogens is 186 g/mol. The van der Waals surface area contributed by atoms with Crippen LogP contribution in [0.15, 0.2) is 0 Å². The van der Waals surface area contributed by atoms with Crippen LogP contribution in [0.25, 0.3) is 0 Å². The van der Waals surface area contributed by atoms with Crippen molar-refractivity contribution in [2.75, 3.05) is 39.3 Å². The minimum absolute atomic E-state index is 0.198. The first-order valence-corrected chi connectivity index (χ1v) is 6.41. The molecule has 2 fully saturated rings. The van der Waals surface area contributed by atoms with Crippen molar-refractivity contribution >= 4 is 0 Å². The van der Waals surface area contributed by atoms with E-state index in [2.05, 4.69) is 23.6 Å². The van der Waals surface area contributed by atoms with Gasteiger partial charge in [0.2, 0.25) is 0 Å². The molecule has 0 aromatic rings. The van der Waals surface area contributed by atoms with Gasteiger partial charge in [0.15, 0.2) is 0 Å². The highest BCUT2D eigenvalue weighted by atomic mass is 15.3. The van der Waals surface area contributed by atoms with Gasteiger partial charge in [0.05, 0.1) is 0 Å². The van der Waals surface area contributed by atoms with Gasteiger partial charge in [0.25, 0.3) is 0 Å². The Morgan fingerprint density at radius 3 is 2.33 bits per heavy atom. The van der Waals surface area contributed by atoms with Crippen molar-refractivity contribution in [3.63, 3.8) is 0 Å². The monoisotopic (exact) mass is 211 g/mol. The van der Waals surface area contributed by atoms with Crippen LogP contribution in [0.3, 0.4) is 0 Å². The maximum absolute atomic E-state index is 6.31. The molecule has 1 aliphatic heterocycles. The molecule has 2 N–H and O–H groups in total. The van der Waals surface area contributed by atoms with Crippen LogP contribution in [0.4, 0.5) is 0 Å². The van der Waals surface area contributed by atoms with Crippen LogP contribution in [-0.2, 0) is 0 Å². The Kier molecular flexibility index (Phi) is 3.33. The smallest absolute Gasteiger partial charge is 0.0440 e. The van der Waals surface area contributed by atoms with E-state index in [1.807, 2.05) is 0 Å². The van der Waals surface area contributed by atoms with Crippen LogP contribution in [0.1, 0.15) is 26.7 Å². The zero-order valence-corrected chi connectivity index (χ0v) is 10.2. The molecule has 0 bridgehead atoms.